The van der Waals surface area contributed by atoms with Gasteiger partial charge < -0.3 is 5.11 Å². The minimum Gasteiger partial charge on any atom is -0.388 e. The minimum absolute atomic E-state index is 0.305. The van der Waals surface area contributed by atoms with E-state index in [0.29, 0.717) is 0 Å². The third-order valence-electron chi connectivity index (χ3n) is 4.32. The highest BCUT2D eigenvalue weighted by Gasteiger charge is 2.22. The van der Waals surface area contributed by atoms with E-state index in [9.17, 15) is 5.11 Å². The zero-order valence-corrected chi connectivity index (χ0v) is 10.9. The van der Waals surface area contributed by atoms with Crippen molar-refractivity contribution in [3.05, 3.63) is 47.5 Å². The molecule has 2 aromatic rings. The largest absolute Gasteiger partial charge is 0.388 e. The Bertz CT molecular complexity index is 555. The molecule has 18 heavy (non-hydrogen) atoms. The number of aryl methyl sites for hydroxylation is 1. The maximum atomic E-state index is 10.4. The Balaban J connectivity index is 1.97. The fraction of sp³-hybridized carbons (Fsp3) is 0.412. The van der Waals surface area contributed by atoms with Crippen molar-refractivity contribution in [1.29, 1.82) is 0 Å². The molecule has 0 aliphatic heterocycles. The Kier molecular flexibility index (Phi) is 3.09. The summed E-state index contributed by atoms with van der Waals surface area (Å²) in [6.45, 7) is 2.13. The van der Waals surface area contributed by atoms with Gasteiger partial charge in [-0.1, -0.05) is 55.7 Å². The molecule has 1 fully saturated rings. The van der Waals surface area contributed by atoms with E-state index in [-0.39, 0.29) is 6.10 Å². The monoisotopic (exact) mass is 240 g/mol. The topological polar surface area (TPSA) is 20.2 Å². The van der Waals surface area contributed by atoms with Gasteiger partial charge in [-0.15, -0.1) is 0 Å². The molecule has 94 valence electrons. The summed E-state index contributed by atoms with van der Waals surface area (Å²) in [4.78, 5) is 0. The molecule has 3 rings (SSSR count). The van der Waals surface area contributed by atoms with Gasteiger partial charge in [0.15, 0.2) is 0 Å². The standard InChI is InChI=1S/C17H20O/c1-12-9-10-16(15-8-3-2-7-14(12)15)17(18)11-13-5-4-6-13/h2-3,7-10,13,17-18H,4-6,11H2,1H3. The molecule has 0 amide bonds. The van der Waals surface area contributed by atoms with Gasteiger partial charge in [-0.25, -0.2) is 0 Å². The van der Waals surface area contributed by atoms with Crippen LogP contribution in [0.2, 0.25) is 0 Å². The van der Waals surface area contributed by atoms with Crippen LogP contribution in [-0.4, -0.2) is 5.11 Å². The third-order valence-corrected chi connectivity index (χ3v) is 4.32. The van der Waals surface area contributed by atoms with Crippen LogP contribution in [0.1, 0.15) is 42.9 Å². The van der Waals surface area contributed by atoms with Crippen LogP contribution >= 0.6 is 0 Å². The summed E-state index contributed by atoms with van der Waals surface area (Å²) in [5.74, 6) is 0.736. The average molecular weight is 240 g/mol. The van der Waals surface area contributed by atoms with Gasteiger partial charge in [0, 0.05) is 0 Å². The lowest BCUT2D eigenvalue weighted by Crippen LogP contribution is -2.15. The average Bonchev–Trinajstić information content (AvgIpc) is 2.34. The maximum Gasteiger partial charge on any atom is 0.0798 e. The lowest BCUT2D eigenvalue weighted by Gasteiger charge is -2.28. The molecule has 0 spiro atoms. The third kappa shape index (κ3) is 2.04. The van der Waals surface area contributed by atoms with E-state index >= 15 is 0 Å². The first kappa shape index (κ1) is 11.7. The van der Waals surface area contributed by atoms with Crippen LogP contribution in [0.5, 0.6) is 0 Å². The van der Waals surface area contributed by atoms with Crippen molar-refractivity contribution in [2.24, 2.45) is 5.92 Å². The van der Waals surface area contributed by atoms with Gasteiger partial charge in [-0.05, 0) is 41.2 Å². The van der Waals surface area contributed by atoms with Gasteiger partial charge in [-0.2, -0.15) is 0 Å². The molecular formula is C17H20O. The van der Waals surface area contributed by atoms with Crippen LogP contribution in [0.15, 0.2) is 36.4 Å². The molecule has 0 radical (unpaired) electrons. The van der Waals surface area contributed by atoms with E-state index in [0.717, 1.165) is 17.9 Å². The van der Waals surface area contributed by atoms with Gasteiger partial charge in [-0.3, -0.25) is 0 Å². The molecule has 2 aromatic carbocycles. The lowest BCUT2D eigenvalue weighted by molar-refractivity contribution is 0.119. The number of rotatable bonds is 3. The SMILES string of the molecule is Cc1ccc(C(O)CC2CCC2)c2ccccc12. The summed E-state index contributed by atoms with van der Waals surface area (Å²) in [5.41, 5.74) is 2.38. The maximum absolute atomic E-state index is 10.4. The number of aliphatic hydroxyl groups excluding tert-OH is 1. The normalized spacial score (nSPS) is 17.7. The summed E-state index contributed by atoms with van der Waals surface area (Å²) in [6, 6.07) is 12.6. The quantitative estimate of drug-likeness (QED) is 0.844. The second-order valence-corrected chi connectivity index (χ2v) is 5.57. The smallest absolute Gasteiger partial charge is 0.0798 e. The molecule has 1 saturated carbocycles. The molecule has 1 N–H and O–H groups in total. The zero-order chi connectivity index (χ0) is 12.5. The van der Waals surface area contributed by atoms with E-state index < -0.39 is 0 Å². The van der Waals surface area contributed by atoms with E-state index in [1.807, 2.05) is 0 Å². The Morgan fingerprint density at radius 3 is 2.50 bits per heavy atom. The fourth-order valence-corrected chi connectivity index (χ4v) is 2.93. The highest BCUT2D eigenvalue weighted by atomic mass is 16.3. The summed E-state index contributed by atoms with van der Waals surface area (Å²) in [7, 11) is 0. The van der Waals surface area contributed by atoms with Gasteiger partial charge in [0.1, 0.15) is 0 Å². The first-order chi connectivity index (χ1) is 8.75. The molecular weight excluding hydrogens is 220 g/mol. The number of benzene rings is 2. The number of aliphatic hydroxyl groups is 1. The summed E-state index contributed by atoms with van der Waals surface area (Å²) >= 11 is 0. The number of hydrogen-bond acceptors (Lipinski definition) is 1. The van der Waals surface area contributed by atoms with Crippen molar-refractivity contribution in [3.8, 4) is 0 Å². The predicted molar refractivity (Wildman–Crippen MR) is 75.6 cm³/mol. The minimum atomic E-state index is -0.305. The second-order valence-electron chi connectivity index (χ2n) is 5.57. The van der Waals surface area contributed by atoms with Crippen molar-refractivity contribution < 1.29 is 5.11 Å². The second kappa shape index (κ2) is 4.74. The van der Waals surface area contributed by atoms with Crippen molar-refractivity contribution in [2.75, 3.05) is 0 Å². The first-order valence-corrected chi connectivity index (χ1v) is 6.92. The summed E-state index contributed by atoms with van der Waals surface area (Å²) < 4.78 is 0. The van der Waals surface area contributed by atoms with Crippen LogP contribution < -0.4 is 0 Å². The van der Waals surface area contributed by atoms with Gasteiger partial charge in [0.25, 0.3) is 0 Å². The fourth-order valence-electron chi connectivity index (χ4n) is 2.93. The molecule has 0 saturated heterocycles. The molecule has 0 heterocycles. The Morgan fingerprint density at radius 1 is 1.11 bits per heavy atom. The van der Waals surface area contributed by atoms with Crippen molar-refractivity contribution in [3.63, 3.8) is 0 Å². The van der Waals surface area contributed by atoms with Crippen molar-refractivity contribution >= 4 is 10.8 Å². The molecule has 1 atom stereocenters. The molecule has 0 aromatic heterocycles. The van der Waals surface area contributed by atoms with Crippen molar-refractivity contribution in [1.82, 2.24) is 0 Å². The van der Waals surface area contributed by atoms with Gasteiger partial charge >= 0.3 is 0 Å². The number of fused-ring (bicyclic) bond motifs is 1. The Labute approximate surface area is 108 Å². The van der Waals surface area contributed by atoms with Crippen LogP contribution in [0, 0.1) is 12.8 Å². The van der Waals surface area contributed by atoms with E-state index in [1.54, 1.807) is 0 Å². The Morgan fingerprint density at radius 2 is 1.83 bits per heavy atom. The van der Waals surface area contributed by atoms with Gasteiger partial charge in [0.05, 0.1) is 6.10 Å². The molecule has 1 aliphatic carbocycles. The molecule has 1 unspecified atom stereocenters. The highest BCUT2D eigenvalue weighted by molar-refractivity contribution is 5.88. The van der Waals surface area contributed by atoms with E-state index in [4.69, 9.17) is 0 Å². The molecule has 0 bridgehead atoms. The summed E-state index contributed by atoms with van der Waals surface area (Å²) in [5, 5.41) is 12.9. The van der Waals surface area contributed by atoms with Crippen LogP contribution in [-0.2, 0) is 0 Å². The summed E-state index contributed by atoms with van der Waals surface area (Å²) in [6.07, 6.45) is 4.54. The number of hydrogen-bond donors (Lipinski definition) is 1. The molecule has 1 aliphatic rings. The lowest BCUT2D eigenvalue weighted by atomic mass is 9.80. The van der Waals surface area contributed by atoms with Crippen molar-refractivity contribution in [2.45, 2.75) is 38.7 Å². The molecule has 1 heteroatoms. The Hall–Kier alpha value is -1.34. The van der Waals surface area contributed by atoms with Crippen LogP contribution in [0.4, 0.5) is 0 Å². The van der Waals surface area contributed by atoms with Gasteiger partial charge in [0.2, 0.25) is 0 Å². The van der Waals surface area contributed by atoms with Crippen LogP contribution in [0.3, 0.4) is 0 Å². The molecule has 1 nitrogen and oxygen atoms in total. The highest BCUT2D eigenvalue weighted by Crippen LogP contribution is 2.36. The van der Waals surface area contributed by atoms with E-state index in [2.05, 4.69) is 43.3 Å². The first-order valence-electron chi connectivity index (χ1n) is 6.92. The predicted octanol–water partition coefficient (Wildman–Crippen LogP) is 4.37. The van der Waals surface area contributed by atoms with E-state index in [1.165, 1.54) is 35.6 Å². The van der Waals surface area contributed by atoms with Crippen LogP contribution in [0.25, 0.3) is 10.8 Å². The zero-order valence-electron chi connectivity index (χ0n) is 10.9.